The summed E-state index contributed by atoms with van der Waals surface area (Å²) < 4.78 is 18.7. The van der Waals surface area contributed by atoms with Gasteiger partial charge in [-0.3, -0.25) is 0 Å². The van der Waals surface area contributed by atoms with Gasteiger partial charge < -0.3 is 9.84 Å². The number of fused-ring (bicyclic) bond motifs is 1. The summed E-state index contributed by atoms with van der Waals surface area (Å²) in [4.78, 5) is 12.1. The standard InChI is InChI=1S/C19H15FO3/c1-2-23-19(22)17-11-15(12-6-4-3-5-7-12)16-10-13(20)8-9-14(16)18(17)21/h3-11,21H,2H2,1H3. The van der Waals surface area contributed by atoms with Crippen LogP contribution in [0.4, 0.5) is 4.39 Å². The number of carbonyl (C=O) groups excluding carboxylic acids is 1. The molecule has 0 heterocycles. The highest BCUT2D eigenvalue weighted by Gasteiger charge is 2.19. The van der Waals surface area contributed by atoms with Crippen LogP contribution < -0.4 is 0 Å². The van der Waals surface area contributed by atoms with Gasteiger partial charge >= 0.3 is 5.97 Å². The molecule has 1 N–H and O–H groups in total. The van der Waals surface area contributed by atoms with E-state index >= 15 is 0 Å². The van der Waals surface area contributed by atoms with E-state index in [1.165, 1.54) is 18.2 Å². The predicted octanol–water partition coefficient (Wildman–Crippen LogP) is 4.53. The first kappa shape index (κ1) is 15.0. The van der Waals surface area contributed by atoms with Gasteiger partial charge in [0.15, 0.2) is 0 Å². The van der Waals surface area contributed by atoms with Crippen LogP contribution in [0.1, 0.15) is 17.3 Å². The Hall–Kier alpha value is -2.88. The predicted molar refractivity (Wildman–Crippen MR) is 87.0 cm³/mol. The SMILES string of the molecule is CCOC(=O)c1cc(-c2ccccc2)c2cc(F)ccc2c1O. The van der Waals surface area contributed by atoms with Crippen LogP contribution >= 0.6 is 0 Å². The van der Waals surface area contributed by atoms with Crippen molar-refractivity contribution in [1.82, 2.24) is 0 Å². The fraction of sp³-hybridized carbons (Fsp3) is 0.105. The Labute approximate surface area is 132 Å². The van der Waals surface area contributed by atoms with Crippen LogP contribution in [0.5, 0.6) is 5.75 Å². The highest BCUT2D eigenvalue weighted by atomic mass is 19.1. The third-order valence-corrected chi connectivity index (χ3v) is 3.65. The second kappa shape index (κ2) is 6.08. The van der Waals surface area contributed by atoms with Crippen LogP contribution in [0.2, 0.25) is 0 Å². The molecule has 0 spiro atoms. The van der Waals surface area contributed by atoms with Crippen molar-refractivity contribution in [1.29, 1.82) is 0 Å². The molecule has 0 fully saturated rings. The molecule has 3 nitrogen and oxygen atoms in total. The minimum Gasteiger partial charge on any atom is -0.506 e. The van der Waals surface area contributed by atoms with Crippen LogP contribution in [0.25, 0.3) is 21.9 Å². The lowest BCUT2D eigenvalue weighted by atomic mass is 9.94. The Morgan fingerprint density at radius 3 is 2.52 bits per heavy atom. The van der Waals surface area contributed by atoms with Gasteiger partial charge in [0.1, 0.15) is 17.1 Å². The lowest BCUT2D eigenvalue weighted by molar-refractivity contribution is 0.0523. The largest absolute Gasteiger partial charge is 0.506 e. The molecule has 3 aromatic rings. The van der Waals surface area contributed by atoms with Crippen molar-refractivity contribution in [2.75, 3.05) is 6.61 Å². The second-order valence-electron chi connectivity index (χ2n) is 5.10. The summed E-state index contributed by atoms with van der Waals surface area (Å²) in [7, 11) is 0. The number of hydrogen-bond donors (Lipinski definition) is 1. The summed E-state index contributed by atoms with van der Waals surface area (Å²) >= 11 is 0. The fourth-order valence-electron chi connectivity index (χ4n) is 2.60. The van der Waals surface area contributed by atoms with Crippen LogP contribution in [0.15, 0.2) is 54.6 Å². The molecule has 3 aromatic carbocycles. The molecular weight excluding hydrogens is 295 g/mol. The fourth-order valence-corrected chi connectivity index (χ4v) is 2.60. The Bertz CT molecular complexity index is 873. The molecule has 0 unspecified atom stereocenters. The first-order chi connectivity index (χ1) is 11.1. The number of benzene rings is 3. The molecule has 0 radical (unpaired) electrons. The highest BCUT2D eigenvalue weighted by Crippen LogP contribution is 2.37. The molecule has 23 heavy (non-hydrogen) atoms. The lowest BCUT2D eigenvalue weighted by Gasteiger charge is -2.13. The van der Waals surface area contributed by atoms with Crippen molar-refractivity contribution >= 4 is 16.7 Å². The molecule has 0 aromatic heterocycles. The third-order valence-electron chi connectivity index (χ3n) is 3.65. The Morgan fingerprint density at radius 2 is 1.83 bits per heavy atom. The summed E-state index contributed by atoms with van der Waals surface area (Å²) in [5.41, 5.74) is 1.57. The number of phenols is 1. The van der Waals surface area contributed by atoms with Crippen LogP contribution in [0.3, 0.4) is 0 Å². The van der Waals surface area contributed by atoms with Gasteiger partial charge in [-0.05, 0) is 47.7 Å². The Kier molecular flexibility index (Phi) is 3.98. The van der Waals surface area contributed by atoms with E-state index in [4.69, 9.17) is 4.74 Å². The molecule has 3 rings (SSSR count). The minimum atomic E-state index is -0.603. The second-order valence-corrected chi connectivity index (χ2v) is 5.10. The van der Waals surface area contributed by atoms with E-state index in [1.54, 1.807) is 13.0 Å². The third kappa shape index (κ3) is 2.75. The number of esters is 1. The number of phenolic OH excluding ortho intramolecular Hbond substituents is 1. The summed E-state index contributed by atoms with van der Waals surface area (Å²) in [5.74, 6) is -1.20. The van der Waals surface area contributed by atoms with Gasteiger partial charge in [-0.1, -0.05) is 30.3 Å². The smallest absolute Gasteiger partial charge is 0.341 e. The van der Waals surface area contributed by atoms with Crippen LogP contribution in [0, 0.1) is 5.82 Å². The van der Waals surface area contributed by atoms with E-state index in [0.29, 0.717) is 16.3 Å². The molecular formula is C19H15FO3. The summed E-state index contributed by atoms with van der Waals surface area (Å²) in [5, 5.41) is 11.3. The normalized spacial score (nSPS) is 10.7. The maximum Gasteiger partial charge on any atom is 0.341 e. The summed E-state index contributed by atoms with van der Waals surface area (Å²) in [6.07, 6.45) is 0. The van der Waals surface area contributed by atoms with E-state index < -0.39 is 11.8 Å². The zero-order valence-electron chi connectivity index (χ0n) is 12.5. The monoisotopic (exact) mass is 310 g/mol. The van der Waals surface area contributed by atoms with E-state index in [0.717, 1.165) is 5.56 Å². The van der Waals surface area contributed by atoms with Gasteiger partial charge in [0.05, 0.1) is 6.61 Å². The van der Waals surface area contributed by atoms with Crippen LogP contribution in [-0.4, -0.2) is 17.7 Å². The van der Waals surface area contributed by atoms with Gasteiger partial charge in [0.2, 0.25) is 0 Å². The Morgan fingerprint density at radius 1 is 1.09 bits per heavy atom. The van der Waals surface area contributed by atoms with E-state index in [2.05, 4.69) is 0 Å². The molecule has 0 atom stereocenters. The number of rotatable bonds is 3. The molecule has 0 aliphatic rings. The van der Waals surface area contributed by atoms with Crippen molar-refractivity contribution in [3.05, 3.63) is 66.0 Å². The van der Waals surface area contributed by atoms with Gasteiger partial charge in [0, 0.05) is 5.39 Å². The number of carbonyl (C=O) groups is 1. The summed E-state index contributed by atoms with van der Waals surface area (Å²) in [6.45, 7) is 1.91. The molecule has 0 saturated carbocycles. The Balaban J connectivity index is 2.34. The van der Waals surface area contributed by atoms with Crippen molar-refractivity contribution in [2.45, 2.75) is 6.92 Å². The van der Waals surface area contributed by atoms with Gasteiger partial charge in [0.25, 0.3) is 0 Å². The van der Waals surface area contributed by atoms with Gasteiger partial charge in [-0.25, -0.2) is 9.18 Å². The molecule has 0 bridgehead atoms. The summed E-state index contributed by atoms with van der Waals surface area (Å²) in [6, 6.07) is 14.9. The maximum absolute atomic E-state index is 13.7. The van der Waals surface area contributed by atoms with Gasteiger partial charge in [-0.2, -0.15) is 0 Å². The first-order valence-electron chi connectivity index (χ1n) is 7.29. The van der Waals surface area contributed by atoms with E-state index in [9.17, 15) is 14.3 Å². The number of hydrogen-bond acceptors (Lipinski definition) is 3. The molecule has 116 valence electrons. The number of ether oxygens (including phenoxy) is 1. The average Bonchev–Trinajstić information content (AvgIpc) is 2.56. The first-order valence-corrected chi connectivity index (χ1v) is 7.29. The minimum absolute atomic E-state index is 0.0739. The lowest BCUT2D eigenvalue weighted by Crippen LogP contribution is -2.05. The topological polar surface area (TPSA) is 46.5 Å². The molecule has 0 amide bonds. The zero-order chi connectivity index (χ0) is 16.4. The zero-order valence-corrected chi connectivity index (χ0v) is 12.5. The van der Waals surface area contributed by atoms with Crippen molar-refractivity contribution < 1.29 is 19.0 Å². The molecule has 0 saturated heterocycles. The molecule has 4 heteroatoms. The average molecular weight is 310 g/mol. The highest BCUT2D eigenvalue weighted by molar-refractivity contribution is 6.07. The van der Waals surface area contributed by atoms with Crippen molar-refractivity contribution in [3.8, 4) is 16.9 Å². The van der Waals surface area contributed by atoms with E-state index in [-0.39, 0.29) is 17.9 Å². The van der Waals surface area contributed by atoms with Crippen molar-refractivity contribution in [2.24, 2.45) is 0 Å². The van der Waals surface area contributed by atoms with E-state index in [1.807, 2.05) is 30.3 Å². The van der Waals surface area contributed by atoms with Gasteiger partial charge in [-0.15, -0.1) is 0 Å². The quantitative estimate of drug-likeness (QED) is 0.723. The number of halogens is 1. The number of aromatic hydroxyl groups is 1. The molecule has 0 aliphatic heterocycles. The molecule has 0 aliphatic carbocycles. The maximum atomic E-state index is 13.7. The van der Waals surface area contributed by atoms with Crippen LogP contribution in [-0.2, 0) is 4.74 Å². The van der Waals surface area contributed by atoms with Crippen molar-refractivity contribution in [3.63, 3.8) is 0 Å².